The van der Waals surface area contributed by atoms with Crippen molar-refractivity contribution in [1.82, 2.24) is 20.5 Å². The van der Waals surface area contributed by atoms with Gasteiger partial charge < -0.3 is 15.2 Å². The number of benzene rings is 1. The Bertz CT molecular complexity index is 957. The first-order valence-electron chi connectivity index (χ1n) is 7.84. The average molecular weight is 376 g/mol. The SMILES string of the molecule is COc1n[nH]c2cc(NC(=O)NCc3ccc(Cl)c(C)c3)nc(CO)c12. The number of pyridine rings is 1. The number of ether oxygens (including phenoxy) is 1. The summed E-state index contributed by atoms with van der Waals surface area (Å²) in [5.41, 5.74) is 2.83. The number of amides is 2. The molecular weight excluding hydrogens is 358 g/mol. The van der Waals surface area contributed by atoms with Crippen molar-refractivity contribution in [3.05, 3.63) is 46.1 Å². The zero-order chi connectivity index (χ0) is 18.7. The number of urea groups is 1. The number of nitrogens with one attached hydrogen (secondary N) is 3. The number of hydrogen-bond acceptors (Lipinski definition) is 5. The molecule has 0 atom stereocenters. The fourth-order valence-corrected chi connectivity index (χ4v) is 2.69. The lowest BCUT2D eigenvalue weighted by Gasteiger charge is -2.09. The van der Waals surface area contributed by atoms with Crippen LogP contribution < -0.4 is 15.4 Å². The van der Waals surface area contributed by atoms with Gasteiger partial charge in [0.05, 0.1) is 30.3 Å². The Morgan fingerprint density at radius 2 is 2.19 bits per heavy atom. The van der Waals surface area contributed by atoms with Crippen molar-refractivity contribution >= 4 is 34.4 Å². The van der Waals surface area contributed by atoms with Crippen LogP contribution in [0, 0.1) is 6.92 Å². The van der Waals surface area contributed by atoms with Crippen LogP contribution in [0.15, 0.2) is 24.3 Å². The Morgan fingerprint density at radius 3 is 2.88 bits per heavy atom. The second-order valence-corrected chi connectivity index (χ2v) is 6.07. The monoisotopic (exact) mass is 375 g/mol. The number of carbonyl (C=O) groups excluding carboxylic acids is 1. The van der Waals surface area contributed by atoms with Gasteiger partial charge in [-0.2, -0.15) is 0 Å². The van der Waals surface area contributed by atoms with E-state index in [1.165, 1.54) is 7.11 Å². The zero-order valence-corrected chi connectivity index (χ0v) is 15.0. The van der Waals surface area contributed by atoms with Crippen LogP contribution in [0.4, 0.5) is 10.6 Å². The number of carbonyl (C=O) groups is 1. The number of aryl methyl sites for hydroxylation is 1. The fourth-order valence-electron chi connectivity index (χ4n) is 2.58. The molecule has 0 bridgehead atoms. The summed E-state index contributed by atoms with van der Waals surface area (Å²) in [6.45, 7) is 1.94. The summed E-state index contributed by atoms with van der Waals surface area (Å²) in [5, 5.41) is 23.0. The average Bonchev–Trinajstić information content (AvgIpc) is 3.05. The van der Waals surface area contributed by atoms with Crippen LogP contribution in [-0.4, -0.2) is 33.4 Å². The largest absolute Gasteiger partial charge is 0.479 e. The third-order valence-corrected chi connectivity index (χ3v) is 4.27. The topological polar surface area (TPSA) is 112 Å². The fraction of sp³-hybridized carbons (Fsp3) is 0.235. The van der Waals surface area contributed by atoms with Crippen LogP contribution in [0.5, 0.6) is 5.88 Å². The molecule has 0 aliphatic heterocycles. The van der Waals surface area contributed by atoms with Crippen molar-refractivity contribution < 1.29 is 14.6 Å². The van der Waals surface area contributed by atoms with Crippen molar-refractivity contribution in [3.8, 4) is 5.88 Å². The summed E-state index contributed by atoms with van der Waals surface area (Å²) in [4.78, 5) is 16.4. The molecule has 3 aromatic rings. The highest BCUT2D eigenvalue weighted by Gasteiger charge is 2.15. The van der Waals surface area contributed by atoms with Crippen molar-refractivity contribution in [1.29, 1.82) is 0 Å². The molecule has 0 spiro atoms. The van der Waals surface area contributed by atoms with Crippen LogP contribution in [0.3, 0.4) is 0 Å². The highest BCUT2D eigenvalue weighted by Crippen LogP contribution is 2.27. The van der Waals surface area contributed by atoms with E-state index < -0.39 is 6.03 Å². The number of aromatic nitrogens is 3. The van der Waals surface area contributed by atoms with E-state index in [1.807, 2.05) is 19.1 Å². The molecule has 0 saturated carbocycles. The van der Waals surface area contributed by atoms with E-state index in [2.05, 4.69) is 25.8 Å². The number of hydrogen-bond donors (Lipinski definition) is 4. The third kappa shape index (κ3) is 3.71. The number of nitrogens with zero attached hydrogens (tertiary/aromatic N) is 2. The lowest BCUT2D eigenvalue weighted by molar-refractivity contribution is 0.251. The highest BCUT2D eigenvalue weighted by molar-refractivity contribution is 6.31. The summed E-state index contributed by atoms with van der Waals surface area (Å²) < 4.78 is 5.13. The molecule has 0 radical (unpaired) electrons. The summed E-state index contributed by atoms with van der Waals surface area (Å²) in [7, 11) is 1.48. The molecule has 0 fully saturated rings. The molecule has 0 saturated heterocycles. The van der Waals surface area contributed by atoms with Gasteiger partial charge >= 0.3 is 6.03 Å². The first kappa shape index (κ1) is 18.0. The van der Waals surface area contributed by atoms with Crippen molar-refractivity contribution in [2.75, 3.05) is 12.4 Å². The van der Waals surface area contributed by atoms with Gasteiger partial charge in [-0.05, 0) is 24.1 Å². The zero-order valence-electron chi connectivity index (χ0n) is 14.3. The molecule has 2 heterocycles. The molecule has 4 N–H and O–H groups in total. The predicted octanol–water partition coefficient (Wildman–Crippen LogP) is 2.74. The Labute approximate surface area is 154 Å². The van der Waals surface area contributed by atoms with Crippen LogP contribution in [0.1, 0.15) is 16.8 Å². The number of aliphatic hydroxyl groups is 1. The first-order valence-corrected chi connectivity index (χ1v) is 8.22. The number of halogens is 1. The van der Waals surface area contributed by atoms with E-state index in [-0.39, 0.29) is 12.4 Å². The third-order valence-electron chi connectivity index (χ3n) is 3.85. The number of aliphatic hydroxyl groups excluding tert-OH is 1. The highest BCUT2D eigenvalue weighted by atomic mass is 35.5. The molecule has 2 amide bonds. The van der Waals surface area contributed by atoms with Gasteiger partial charge in [0.25, 0.3) is 0 Å². The molecule has 1 aromatic carbocycles. The lowest BCUT2D eigenvalue weighted by Crippen LogP contribution is -2.28. The second kappa shape index (κ2) is 7.59. The van der Waals surface area contributed by atoms with Gasteiger partial charge in [0.15, 0.2) is 0 Å². The minimum Gasteiger partial charge on any atom is -0.479 e. The first-order chi connectivity index (χ1) is 12.5. The van der Waals surface area contributed by atoms with E-state index in [0.717, 1.165) is 11.1 Å². The molecule has 2 aromatic heterocycles. The molecule has 26 heavy (non-hydrogen) atoms. The van der Waals surface area contributed by atoms with Crippen LogP contribution in [-0.2, 0) is 13.2 Å². The molecule has 0 aliphatic carbocycles. The van der Waals surface area contributed by atoms with Crippen LogP contribution in [0.2, 0.25) is 5.02 Å². The maximum Gasteiger partial charge on any atom is 0.320 e. The summed E-state index contributed by atoms with van der Waals surface area (Å²) in [6.07, 6.45) is 0. The van der Waals surface area contributed by atoms with E-state index in [9.17, 15) is 9.90 Å². The number of H-pyrrole nitrogens is 1. The predicted molar refractivity (Wildman–Crippen MR) is 98.4 cm³/mol. The maximum absolute atomic E-state index is 12.1. The van der Waals surface area contributed by atoms with E-state index in [1.54, 1.807) is 12.1 Å². The molecule has 0 aliphatic rings. The van der Waals surface area contributed by atoms with Gasteiger partial charge in [-0.25, -0.2) is 9.78 Å². The van der Waals surface area contributed by atoms with Crippen molar-refractivity contribution in [2.45, 2.75) is 20.1 Å². The maximum atomic E-state index is 12.1. The van der Waals surface area contributed by atoms with E-state index >= 15 is 0 Å². The Morgan fingerprint density at radius 1 is 1.38 bits per heavy atom. The van der Waals surface area contributed by atoms with Gasteiger partial charge in [-0.3, -0.25) is 10.4 Å². The molecule has 0 unspecified atom stereocenters. The normalized spacial score (nSPS) is 10.8. The van der Waals surface area contributed by atoms with Gasteiger partial charge in [-0.1, -0.05) is 23.7 Å². The Balaban J connectivity index is 1.71. The number of rotatable bonds is 5. The van der Waals surface area contributed by atoms with Crippen LogP contribution >= 0.6 is 11.6 Å². The second-order valence-electron chi connectivity index (χ2n) is 5.66. The minimum absolute atomic E-state index is 0.289. The van der Waals surface area contributed by atoms with E-state index in [4.69, 9.17) is 16.3 Å². The lowest BCUT2D eigenvalue weighted by atomic mass is 10.1. The smallest absolute Gasteiger partial charge is 0.320 e. The number of fused-ring (bicyclic) bond motifs is 1. The molecule has 3 rings (SSSR count). The number of methoxy groups -OCH3 is 1. The number of anilines is 1. The van der Waals surface area contributed by atoms with Gasteiger partial charge in [0, 0.05) is 17.6 Å². The van der Waals surface area contributed by atoms with Gasteiger partial charge in [0.2, 0.25) is 5.88 Å². The summed E-state index contributed by atoms with van der Waals surface area (Å²) >= 11 is 5.99. The summed E-state index contributed by atoms with van der Waals surface area (Å²) in [6, 6.07) is 6.75. The molecule has 8 nitrogen and oxygen atoms in total. The Hall–Kier alpha value is -2.84. The Kier molecular flexibility index (Phi) is 5.24. The molecular formula is C17H18ClN5O3. The van der Waals surface area contributed by atoms with Gasteiger partial charge in [-0.15, -0.1) is 5.10 Å². The van der Waals surface area contributed by atoms with E-state index in [0.29, 0.717) is 34.0 Å². The van der Waals surface area contributed by atoms with Crippen molar-refractivity contribution in [3.63, 3.8) is 0 Å². The minimum atomic E-state index is -0.417. The quantitative estimate of drug-likeness (QED) is 0.547. The summed E-state index contributed by atoms with van der Waals surface area (Å²) in [5.74, 6) is 0.628. The van der Waals surface area contributed by atoms with Gasteiger partial charge in [0.1, 0.15) is 5.82 Å². The molecule has 136 valence electrons. The van der Waals surface area contributed by atoms with Crippen molar-refractivity contribution in [2.24, 2.45) is 0 Å². The standard InChI is InChI=1S/C17H18ClN5O3/c1-9-5-10(3-4-11(9)18)7-19-17(25)21-14-6-12-15(13(8-24)20-14)16(26-2)23-22-12/h3-6,24H,7-8H2,1-2H3,(H,22,23)(H2,19,20,21,25). The number of aromatic amines is 1. The van der Waals surface area contributed by atoms with Crippen LogP contribution in [0.25, 0.3) is 10.9 Å². The molecule has 9 heteroatoms.